The lowest BCUT2D eigenvalue weighted by atomic mass is 10.2. The number of hydrogen-bond donors (Lipinski definition) is 2. The van der Waals surface area contributed by atoms with E-state index < -0.39 is 10.8 Å². The van der Waals surface area contributed by atoms with Crippen molar-refractivity contribution in [3.63, 3.8) is 0 Å². The van der Waals surface area contributed by atoms with Crippen LogP contribution in [0.15, 0.2) is 47.6 Å². The van der Waals surface area contributed by atoms with E-state index in [1.807, 2.05) is 0 Å². The van der Waals surface area contributed by atoms with Crippen molar-refractivity contribution in [3.05, 3.63) is 69.0 Å². The standard InChI is InChI=1S/C23H23ClN6O6S/c1-29-20(12-25-21(31)9-5-14-4-8-18(35-2)19(10-14)36-3)27-28-23(29)37-13-22(32)26-17-11-15(30(33)34)6-7-16(17)24/h4-11H,12-13H2,1-3H3,(H,25,31)(H,26,32)/b9-5+. The van der Waals surface area contributed by atoms with Gasteiger partial charge in [-0.25, -0.2) is 0 Å². The van der Waals surface area contributed by atoms with Gasteiger partial charge in [0.15, 0.2) is 22.5 Å². The third-order valence-electron chi connectivity index (χ3n) is 4.95. The first-order chi connectivity index (χ1) is 17.7. The highest BCUT2D eigenvalue weighted by Crippen LogP contribution is 2.28. The molecule has 3 aromatic rings. The minimum Gasteiger partial charge on any atom is -0.493 e. The highest BCUT2D eigenvalue weighted by Gasteiger charge is 2.15. The van der Waals surface area contributed by atoms with E-state index >= 15 is 0 Å². The van der Waals surface area contributed by atoms with Crippen LogP contribution in [0.25, 0.3) is 6.08 Å². The van der Waals surface area contributed by atoms with Gasteiger partial charge in [0.05, 0.1) is 42.2 Å². The Balaban J connectivity index is 1.52. The highest BCUT2D eigenvalue weighted by atomic mass is 35.5. The Bertz CT molecular complexity index is 1350. The molecule has 1 aromatic heterocycles. The summed E-state index contributed by atoms with van der Waals surface area (Å²) in [4.78, 5) is 34.9. The molecule has 12 nitrogen and oxygen atoms in total. The molecule has 2 aromatic carbocycles. The molecule has 0 aliphatic heterocycles. The lowest BCUT2D eigenvalue weighted by Crippen LogP contribution is -2.22. The van der Waals surface area contributed by atoms with Crippen molar-refractivity contribution >= 4 is 52.6 Å². The average molecular weight is 547 g/mol. The van der Waals surface area contributed by atoms with Crippen LogP contribution in [-0.4, -0.2) is 51.5 Å². The third-order valence-corrected chi connectivity index (χ3v) is 6.30. The Morgan fingerprint density at radius 1 is 1.16 bits per heavy atom. The van der Waals surface area contributed by atoms with E-state index in [1.165, 1.54) is 31.4 Å². The molecule has 37 heavy (non-hydrogen) atoms. The van der Waals surface area contributed by atoms with Gasteiger partial charge < -0.3 is 24.7 Å². The molecule has 0 fully saturated rings. The predicted octanol–water partition coefficient (Wildman–Crippen LogP) is 3.45. The number of amides is 2. The van der Waals surface area contributed by atoms with Crippen molar-refractivity contribution in [1.82, 2.24) is 20.1 Å². The topological polar surface area (TPSA) is 151 Å². The van der Waals surface area contributed by atoms with E-state index in [1.54, 1.807) is 43.0 Å². The molecular formula is C23H23ClN6O6S. The summed E-state index contributed by atoms with van der Waals surface area (Å²) in [5.74, 6) is 0.829. The second-order valence-electron chi connectivity index (χ2n) is 7.38. The van der Waals surface area contributed by atoms with Crippen molar-refractivity contribution in [1.29, 1.82) is 0 Å². The number of non-ortho nitro benzene ring substituents is 1. The van der Waals surface area contributed by atoms with E-state index in [4.69, 9.17) is 21.1 Å². The van der Waals surface area contributed by atoms with Crippen LogP contribution in [0.4, 0.5) is 11.4 Å². The number of carbonyl (C=O) groups is 2. The van der Waals surface area contributed by atoms with E-state index in [0.29, 0.717) is 22.5 Å². The predicted molar refractivity (Wildman–Crippen MR) is 139 cm³/mol. The second-order valence-corrected chi connectivity index (χ2v) is 8.73. The first kappa shape index (κ1) is 27.5. The number of methoxy groups -OCH3 is 2. The quantitative estimate of drug-likeness (QED) is 0.159. The first-order valence-electron chi connectivity index (χ1n) is 10.6. The van der Waals surface area contributed by atoms with E-state index in [9.17, 15) is 19.7 Å². The van der Waals surface area contributed by atoms with Crippen LogP contribution >= 0.6 is 23.4 Å². The number of aromatic nitrogens is 3. The minimum absolute atomic E-state index is 0.0363. The van der Waals surface area contributed by atoms with Crippen LogP contribution in [0.3, 0.4) is 0 Å². The summed E-state index contributed by atoms with van der Waals surface area (Å²) in [7, 11) is 4.78. The van der Waals surface area contributed by atoms with Crippen molar-refractivity contribution in [3.8, 4) is 11.5 Å². The van der Waals surface area contributed by atoms with Gasteiger partial charge in [-0.2, -0.15) is 0 Å². The number of nitro groups is 1. The van der Waals surface area contributed by atoms with Crippen molar-refractivity contribution < 1.29 is 24.0 Å². The molecule has 194 valence electrons. The summed E-state index contributed by atoms with van der Waals surface area (Å²) in [5, 5.41) is 24.9. The molecule has 2 N–H and O–H groups in total. The SMILES string of the molecule is COc1ccc(/C=C/C(=O)NCc2nnc(SCC(=O)Nc3cc([N+](=O)[O-])ccc3Cl)n2C)cc1OC. The lowest BCUT2D eigenvalue weighted by Gasteiger charge is -2.08. The van der Waals surface area contributed by atoms with Crippen molar-refractivity contribution in [2.24, 2.45) is 7.05 Å². The fourth-order valence-electron chi connectivity index (χ4n) is 3.02. The molecule has 0 aliphatic carbocycles. The van der Waals surface area contributed by atoms with Gasteiger partial charge in [-0.3, -0.25) is 19.7 Å². The van der Waals surface area contributed by atoms with Gasteiger partial charge in [-0.1, -0.05) is 29.4 Å². The molecule has 0 saturated heterocycles. The molecular weight excluding hydrogens is 524 g/mol. The zero-order valence-electron chi connectivity index (χ0n) is 20.1. The second kappa shape index (κ2) is 12.7. The number of halogens is 1. The van der Waals surface area contributed by atoms with Crippen LogP contribution in [0.5, 0.6) is 11.5 Å². The van der Waals surface area contributed by atoms with Gasteiger partial charge in [0.1, 0.15) is 0 Å². The zero-order chi connectivity index (χ0) is 26.9. The maximum Gasteiger partial charge on any atom is 0.271 e. The third kappa shape index (κ3) is 7.44. The number of carbonyl (C=O) groups excluding carboxylic acids is 2. The Morgan fingerprint density at radius 2 is 1.92 bits per heavy atom. The highest BCUT2D eigenvalue weighted by molar-refractivity contribution is 7.99. The Kier molecular flexibility index (Phi) is 9.46. The summed E-state index contributed by atoms with van der Waals surface area (Å²) < 4.78 is 12.1. The number of nitrogens with one attached hydrogen (secondary N) is 2. The minimum atomic E-state index is -0.577. The average Bonchev–Trinajstić information content (AvgIpc) is 3.24. The van der Waals surface area contributed by atoms with Crippen LogP contribution in [0, 0.1) is 10.1 Å². The number of ether oxygens (including phenoxy) is 2. The molecule has 0 unspecified atom stereocenters. The van der Waals surface area contributed by atoms with Crippen molar-refractivity contribution in [2.45, 2.75) is 11.7 Å². The van der Waals surface area contributed by atoms with Gasteiger partial charge in [0.2, 0.25) is 11.8 Å². The maximum atomic E-state index is 12.3. The zero-order valence-corrected chi connectivity index (χ0v) is 21.6. The Morgan fingerprint density at radius 3 is 2.62 bits per heavy atom. The summed E-state index contributed by atoms with van der Waals surface area (Å²) in [6, 6.07) is 9.06. The van der Waals surface area contributed by atoms with E-state index in [2.05, 4.69) is 20.8 Å². The largest absolute Gasteiger partial charge is 0.493 e. The fraction of sp³-hybridized carbons (Fsp3) is 0.217. The summed E-state index contributed by atoms with van der Waals surface area (Å²) >= 11 is 7.12. The molecule has 0 aliphatic rings. The molecule has 0 spiro atoms. The van der Waals surface area contributed by atoms with Crippen molar-refractivity contribution in [2.75, 3.05) is 25.3 Å². The molecule has 0 saturated carbocycles. The molecule has 3 rings (SSSR count). The number of anilines is 1. The number of benzene rings is 2. The van der Waals surface area contributed by atoms with Crippen LogP contribution < -0.4 is 20.1 Å². The fourth-order valence-corrected chi connectivity index (χ4v) is 3.91. The maximum absolute atomic E-state index is 12.3. The van der Waals surface area contributed by atoms with Gasteiger partial charge in [-0.05, 0) is 29.8 Å². The van der Waals surface area contributed by atoms with Gasteiger partial charge >= 0.3 is 0 Å². The summed E-state index contributed by atoms with van der Waals surface area (Å²) in [6.07, 6.45) is 3.03. The first-order valence-corrected chi connectivity index (χ1v) is 12.0. The summed E-state index contributed by atoms with van der Waals surface area (Å²) in [6.45, 7) is 0.120. The molecule has 0 atom stereocenters. The monoisotopic (exact) mass is 546 g/mol. The van der Waals surface area contributed by atoms with Gasteiger partial charge in [0, 0.05) is 25.3 Å². The number of rotatable bonds is 11. The number of nitrogens with zero attached hydrogens (tertiary/aromatic N) is 4. The number of nitro benzene ring substituents is 1. The lowest BCUT2D eigenvalue weighted by molar-refractivity contribution is -0.384. The number of hydrogen-bond acceptors (Lipinski definition) is 9. The van der Waals surface area contributed by atoms with E-state index in [0.717, 1.165) is 17.3 Å². The number of thioether (sulfide) groups is 1. The van der Waals surface area contributed by atoms with Gasteiger partial charge in [-0.15, -0.1) is 10.2 Å². The molecule has 0 bridgehead atoms. The molecule has 1 heterocycles. The van der Waals surface area contributed by atoms with E-state index in [-0.39, 0.29) is 34.6 Å². The van der Waals surface area contributed by atoms with Gasteiger partial charge in [0.25, 0.3) is 5.69 Å². The molecule has 0 radical (unpaired) electrons. The Labute approximate surface area is 221 Å². The Hall–Kier alpha value is -4.10. The normalized spacial score (nSPS) is 10.8. The van der Waals surface area contributed by atoms with Crippen LogP contribution in [0.2, 0.25) is 5.02 Å². The van der Waals surface area contributed by atoms with Crippen LogP contribution in [0.1, 0.15) is 11.4 Å². The summed E-state index contributed by atoms with van der Waals surface area (Å²) in [5.41, 5.74) is 0.713. The van der Waals surface area contributed by atoms with Crippen LogP contribution in [-0.2, 0) is 23.2 Å². The molecule has 14 heteroatoms. The molecule has 2 amide bonds. The smallest absolute Gasteiger partial charge is 0.271 e.